The van der Waals surface area contributed by atoms with Crippen LogP contribution in [0.4, 0.5) is 0 Å². The number of hydrogen-bond acceptors (Lipinski definition) is 1. The molecule has 98 valence electrons. The molecule has 0 aliphatic rings. The Labute approximate surface area is 109 Å². The van der Waals surface area contributed by atoms with E-state index in [4.69, 9.17) is 5.11 Å². The van der Waals surface area contributed by atoms with Crippen molar-refractivity contribution in [3.8, 4) is 0 Å². The summed E-state index contributed by atoms with van der Waals surface area (Å²) in [5, 5.41) is 8.41. The Bertz CT molecular complexity index is 158. The molecule has 0 aliphatic heterocycles. The van der Waals surface area contributed by atoms with Crippen LogP contribution in [0.25, 0.3) is 0 Å². The second kappa shape index (κ2) is 13.0. The quantitative estimate of drug-likeness (QED) is 0.681. The smallest absolute Gasteiger partial charge is 0.306 e. The average molecular weight is 295 g/mol. The molecule has 0 spiro atoms. The molecule has 0 saturated heterocycles. The minimum Gasteiger partial charge on any atom is -0.481 e. The lowest BCUT2D eigenvalue weighted by Gasteiger charge is -2.02. The highest BCUT2D eigenvalue weighted by molar-refractivity contribution is 9.09. The van der Waals surface area contributed by atoms with E-state index >= 15 is 0 Å². The van der Waals surface area contributed by atoms with Gasteiger partial charge in [0.25, 0.3) is 0 Å². The van der Waals surface area contributed by atoms with E-state index in [1.807, 2.05) is 0 Å². The van der Waals surface area contributed by atoms with Crippen LogP contribution < -0.4 is 0 Å². The molecule has 0 rings (SSSR count). The summed E-state index contributed by atoms with van der Waals surface area (Å²) in [4.78, 5) is 10.9. The van der Waals surface area contributed by atoms with Gasteiger partial charge in [0.1, 0.15) is 0 Å². The van der Waals surface area contributed by atoms with Gasteiger partial charge < -0.3 is 5.11 Å². The molecular formula is C13H27BrO2. The van der Waals surface area contributed by atoms with Gasteiger partial charge in [-0.25, -0.2) is 0 Å². The van der Waals surface area contributed by atoms with Gasteiger partial charge in [0.15, 0.2) is 0 Å². The van der Waals surface area contributed by atoms with Crippen molar-refractivity contribution in [2.45, 2.75) is 71.0 Å². The highest BCUT2D eigenvalue weighted by Gasteiger charge is 2.08. The molecule has 0 fully saturated rings. The second-order valence-corrected chi connectivity index (χ2v) is 5.87. The molecule has 2 nitrogen and oxygen atoms in total. The first kappa shape index (κ1) is 18.3. The number of halogens is 1. The summed E-state index contributed by atoms with van der Waals surface area (Å²) in [7, 11) is 0. The molecule has 0 aromatic heterocycles. The Morgan fingerprint density at radius 2 is 1.56 bits per heavy atom. The molecule has 0 bridgehead atoms. The molecule has 2 unspecified atom stereocenters. The molecule has 16 heavy (non-hydrogen) atoms. The number of alkyl halides is 1. The zero-order chi connectivity index (χ0) is 13.0. The van der Waals surface area contributed by atoms with Gasteiger partial charge >= 0.3 is 5.97 Å². The third-order valence-corrected chi connectivity index (χ3v) is 2.83. The van der Waals surface area contributed by atoms with Gasteiger partial charge in [-0.3, -0.25) is 4.79 Å². The molecule has 0 heterocycles. The largest absolute Gasteiger partial charge is 0.481 e. The summed E-state index contributed by atoms with van der Waals surface area (Å²) in [6.45, 7) is 8.22. The standard InChI is InChI=1S/C7H14O2.C6H13Br/c1-3-4-5-6(2)7(8)9;1-3-4-5-6(2)7/h6H,3-5H2,1-2H3,(H,8,9);6H,3-5H2,1-2H3. The lowest BCUT2D eigenvalue weighted by atomic mass is 10.1. The lowest BCUT2D eigenvalue weighted by Crippen LogP contribution is -2.08. The Kier molecular flexibility index (Phi) is 14.9. The van der Waals surface area contributed by atoms with Gasteiger partial charge in [0.2, 0.25) is 0 Å². The van der Waals surface area contributed by atoms with E-state index in [9.17, 15) is 4.79 Å². The zero-order valence-electron chi connectivity index (χ0n) is 11.1. The first-order chi connectivity index (χ1) is 7.45. The minimum atomic E-state index is -0.677. The van der Waals surface area contributed by atoms with E-state index in [0.717, 1.165) is 19.3 Å². The molecule has 0 amide bonds. The van der Waals surface area contributed by atoms with Crippen molar-refractivity contribution in [2.24, 2.45) is 5.92 Å². The number of aliphatic carboxylic acids is 1. The summed E-state index contributed by atoms with van der Waals surface area (Å²) in [6.07, 6.45) is 6.90. The summed E-state index contributed by atoms with van der Waals surface area (Å²) in [5.74, 6) is -0.839. The predicted molar refractivity (Wildman–Crippen MR) is 74.2 cm³/mol. The maximum atomic E-state index is 10.2. The number of carboxylic acids is 1. The van der Waals surface area contributed by atoms with Crippen molar-refractivity contribution in [1.82, 2.24) is 0 Å². The molecule has 0 saturated carbocycles. The lowest BCUT2D eigenvalue weighted by molar-refractivity contribution is -0.141. The van der Waals surface area contributed by atoms with E-state index in [0.29, 0.717) is 4.83 Å². The average Bonchev–Trinajstić information content (AvgIpc) is 2.23. The molecule has 0 aromatic carbocycles. The van der Waals surface area contributed by atoms with Crippen LogP contribution in [0.3, 0.4) is 0 Å². The van der Waals surface area contributed by atoms with Gasteiger partial charge in [-0.2, -0.15) is 0 Å². The van der Waals surface area contributed by atoms with Gasteiger partial charge in [-0.1, -0.05) is 69.3 Å². The van der Waals surface area contributed by atoms with Crippen LogP contribution in [-0.2, 0) is 4.79 Å². The van der Waals surface area contributed by atoms with Gasteiger partial charge in [0, 0.05) is 4.83 Å². The van der Waals surface area contributed by atoms with Crippen molar-refractivity contribution >= 4 is 21.9 Å². The van der Waals surface area contributed by atoms with E-state index in [1.54, 1.807) is 6.92 Å². The highest BCUT2D eigenvalue weighted by atomic mass is 79.9. The van der Waals surface area contributed by atoms with Crippen LogP contribution in [0.2, 0.25) is 0 Å². The fraction of sp³-hybridized carbons (Fsp3) is 0.923. The van der Waals surface area contributed by atoms with Crippen molar-refractivity contribution in [1.29, 1.82) is 0 Å². The van der Waals surface area contributed by atoms with Crippen LogP contribution in [0.5, 0.6) is 0 Å². The first-order valence-electron chi connectivity index (χ1n) is 6.32. The minimum absolute atomic E-state index is 0.162. The number of carboxylic acid groups (broad SMARTS) is 1. The Morgan fingerprint density at radius 1 is 1.12 bits per heavy atom. The molecule has 2 atom stereocenters. The highest BCUT2D eigenvalue weighted by Crippen LogP contribution is 2.07. The first-order valence-corrected chi connectivity index (χ1v) is 7.24. The molecular weight excluding hydrogens is 268 g/mol. The second-order valence-electron chi connectivity index (χ2n) is 4.30. The number of unbranched alkanes of at least 4 members (excludes halogenated alkanes) is 2. The van der Waals surface area contributed by atoms with Crippen LogP contribution in [0, 0.1) is 5.92 Å². The topological polar surface area (TPSA) is 37.3 Å². The van der Waals surface area contributed by atoms with Crippen LogP contribution in [0.1, 0.15) is 66.2 Å². The van der Waals surface area contributed by atoms with Crippen LogP contribution in [-0.4, -0.2) is 15.9 Å². The predicted octanol–water partition coefficient (Wildman–Crippen LogP) is 4.86. The van der Waals surface area contributed by atoms with Crippen molar-refractivity contribution < 1.29 is 9.90 Å². The summed E-state index contributed by atoms with van der Waals surface area (Å²) in [6, 6.07) is 0. The Balaban J connectivity index is 0. The van der Waals surface area contributed by atoms with Crippen molar-refractivity contribution in [3.05, 3.63) is 0 Å². The fourth-order valence-corrected chi connectivity index (χ4v) is 1.44. The van der Waals surface area contributed by atoms with Gasteiger partial charge in [-0.05, 0) is 12.8 Å². The molecule has 3 heteroatoms. The SMILES string of the molecule is CCCCC(C)Br.CCCCC(C)C(=O)O. The summed E-state index contributed by atoms with van der Waals surface area (Å²) < 4.78 is 0. The van der Waals surface area contributed by atoms with E-state index in [2.05, 4.69) is 36.7 Å². The third-order valence-electron chi connectivity index (χ3n) is 2.37. The van der Waals surface area contributed by atoms with E-state index in [1.165, 1.54) is 19.3 Å². The fourth-order valence-electron chi connectivity index (χ4n) is 1.12. The summed E-state index contributed by atoms with van der Waals surface area (Å²) >= 11 is 3.48. The Hall–Kier alpha value is -0.0500. The summed E-state index contributed by atoms with van der Waals surface area (Å²) in [5.41, 5.74) is 0. The molecule has 0 aliphatic carbocycles. The Morgan fingerprint density at radius 3 is 1.81 bits per heavy atom. The maximum Gasteiger partial charge on any atom is 0.306 e. The maximum absolute atomic E-state index is 10.2. The monoisotopic (exact) mass is 294 g/mol. The van der Waals surface area contributed by atoms with E-state index in [-0.39, 0.29) is 5.92 Å². The van der Waals surface area contributed by atoms with Crippen LogP contribution >= 0.6 is 15.9 Å². The zero-order valence-corrected chi connectivity index (χ0v) is 12.7. The third kappa shape index (κ3) is 16.4. The van der Waals surface area contributed by atoms with Crippen molar-refractivity contribution in [2.75, 3.05) is 0 Å². The molecule has 0 radical (unpaired) electrons. The molecule has 0 aromatic rings. The molecule has 1 N–H and O–H groups in total. The van der Waals surface area contributed by atoms with Crippen LogP contribution in [0.15, 0.2) is 0 Å². The number of carbonyl (C=O) groups is 1. The number of hydrogen-bond donors (Lipinski definition) is 1. The van der Waals surface area contributed by atoms with Gasteiger partial charge in [0.05, 0.1) is 5.92 Å². The van der Waals surface area contributed by atoms with Crippen molar-refractivity contribution in [3.63, 3.8) is 0 Å². The van der Waals surface area contributed by atoms with Gasteiger partial charge in [-0.15, -0.1) is 0 Å². The number of rotatable bonds is 7. The van der Waals surface area contributed by atoms with E-state index < -0.39 is 5.97 Å². The normalized spacial score (nSPS) is 13.6.